The summed E-state index contributed by atoms with van der Waals surface area (Å²) in [6.45, 7) is 2.15. The SMILES string of the molecule is CC1CC(N)CN(Cc2ccc(OC(F)F)cc2)C1. The average Bonchev–Trinajstić information content (AvgIpc) is 2.29. The summed E-state index contributed by atoms with van der Waals surface area (Å²) < 4.78 is 28.4. The van der Waals surface area contributed by atoms with E-state index in [1.54, 1.807) is 12.1 Å². The molecule has 19 heavy (non-hydrogen) atoms. The second-order valence-corrected chi connectivity index (χ2v) is 5.32. The van der Waals surface area contributed by atoms with Crippen molar-refractivity contribution in [3.05, 3.63) is 29.8 Å². The number of hydrogen-bond acceptors (Lipinski definition) is 3. The predicted octanol–water partition coefficient (Wildman–Crippen LogP) is 2.46. The molecule has 1 saturated heterocycles. The molecule has 0 aliphatic carbocycles. The van der Waals surface area contributed by atoms with Crippen molar-refractivity contribution in [2.75, 3.05) is 13.1 Å². The Morgan fingerprint density at radius 1 is 1.32 bits per heavy atom. The van der Waals surface area contributed by atoms with Crippen LogP contribution in [0.25, 0.3) is 0 Å². The summed E-state index contributed by atoms with van der Waals surface area (Å²) >= 11 is 0. The first kappa shape index (κ1) is 14.2. The number of likely N-dealkylation sites (tertiary alicyclic amines) is 1. The third kappa shape index (κ3) is 4.44. The van der Waals surface area contributed by atoms with E-state index in [0.29, 0.717) is 5.92 Å². The molecule has 5 heteroatoms. The molecule has 1 heterocycles. The fourth-order valence-electron chi connectivity index (χ4n) is 2.68. The van der Waals surface area contributed by atoms with Gasteiger partial charge in [0, 0.05) is 25.7 Å². The minimum absolute atomic E-state index is 0.197. The monoisotopic (exact) mass is 270 g/mol. The van der Waals surface area contributed by atoms with Crippen LogP contribution in [0.2, 0.25) is 0 Å². The molecule has 1 aromatic rings. The van der Waals surface area contributed by atoms with Gasteiger partial charge in [-0.05, 0) is 30.0 Å². The summed E-state index contributed by atoms with van der Waals surface area (Å²) in [6.07, 6.45) is 1.07. The highest BCUT2D eigenvalue weighted by atomic mass is 19.3. The summed E-state index contributed by atoms with van der Waals surface area (Å²) in [5.74, 6) is 0.799. The molecule has 2 N–H and O–H groups in total. The van der Waals surface area contributed by atoms with Crippen LogP contribution in [0.5, 0.6) is 5.75 Å². The van der Waals surface area contributed by atoms with Crippen molar-refractivity contribution in [2.24, 2.45) is 11.7 Å². The van der Waals surface area contributed by atoms with E-state index < -0.39 is 6.61 Å². The molecule has 106 valence electrons. The van der Waals surface area contributed by atoms with Crippen LogP contribution in [-0.2, 0) is 6.54 Å². The highest BCUT2D eigenvalue weighted by Gasteiger charge is 2.21. The van der Waals surface area contributed by atoms with Crippen LogP contribution in [0, 0.1) is 5.92 Å². The minimum atomic E-state index is -2.77. The number of nitrogens with two attached hydrogens (primary N) is 1. The van der Waals surface area contributed by atoms with Gasteiger partial charge in [0.2, 0.25) is 0 Å². The summed E-state index contributed by atoms with van der Waals surface area (Å²) in [5, 5.41) is 0. The Labute approximate surface area is 112 Å². The Morgan fingerprint density at radius 3 is 2.58 bits per heavy atom. The van der Waals surface area contributed by atoms with Crippen molar-refractivity contribution in [1.29, 1.82) is 0 Å². The molecule has 1 aromatic carbocycles. The first-order valence-corrected chi connectivity index (χ1v) is 6.54. The zero-order valence-corrected chi connectivity index (χ0v) is 11.1. The van der Waals surface area contributed by atoms with Gasteiger partial charge in [-0.15, -0.1) is 0 Å². The van der Waals surface area contributed by atoms with Gasteiger partial charge < -0.3 is 10.5 Å². The van der Waals surface area contributed by atoms with Crippen LogP contribution in [0.3, 0.4) is 0 Å². The molecule has 0 bridgehead atoms. The quantitative estimate of drug-likeness (QED) is 0.913. The molecule has 1 aliphatic heterocycles. The summed E-state index contributed by atoms with van der Waals surface area (Å²) in [5.41, 5.74) is 7.09. The highest BCUT2D eigenvalue weighted by Crippen LogP contribution is 2.19. The maximum atomic E-state index is 12.0. The smallest absolute Gasteiger partial charge is 0.387 e. The second kappa shape index (κ2) is 6.30. The zero-order valence-electron chi connectivity index (χ0n) is 11.1. The van der Waals surface area contributed by atoms with Gasteiger partial charge in [0.15, 0.2) is 0 Å². The van der Waals surface area contributed by atoms with E-state index >= 15 is 0 Å². The van der Waals surface area contributed by atoms with Crippen molar-refractivity contribution < 1.29 is 13.5 Å². The maximum Gasteiger partial charge on any atom is 0.387 e. The van der Waals surface area contributed by atoms with Gasteiger partial charge in [-0.1, -0.05) is 19.1 Å². The molecule has 0 saturated carbocycles. The maximum absolute atomic E-state index is 12.0. The standard InChI is InChI=1S/C14H20F2N2O/c1-10-6-12(17)9-18(7-10)8-11-2-4-13(5-3-11)19-14(15)16/h2-5,10,12,14H,6-9,17H2,1H3. The normalized spacial score (nSPS) is 24.7. The lowest BCUT2D eigenvalue weighted by Crippen LogP contribution is -2.45. The molecule has 2 unspecified atom stereocenters. The number of alkyl halides is 2. The Morgan fingerprint density at radius 2 is 2.00 bits per heavy atom. The van der Waals surface area contributed by atoms with E-state index in [1.807, 2.05) is 12.1 Å². The van der Waals surface area contributed by atoms with Gasteiger partial charge in [0.1, 0.15) is 5.75 Å². The Kier molecular flexibility index (Phi) is 4.71. The fraction of sp³-hybridized carbons (Fsp3) is 0.571. The number of benzene rings is 1. The van der Waals surface area contributed by atoms with E-state index in [9.17, 15) is 8.78 Å². The number of ether oxygens (including phenoxy) is 1. The average molecular weight is 270 g/mol. The van der Waals surface area contributed by atoms with Crippen LogP contribution in [-0.4, -0.2) is 30.6 Å². The fourth-order valence-corrected chi connectivity index (χ4v) is 2.68. The molecular formula is C14H20F2N2O. The molecule has 1 aliphatic rings. The van der Waals surface area contributed by atoms with E-state index in [4.69, 9.17) is 5.73 Å². The molecular weight excluding hydrogens is 250 g/mol. The van der Waals surface area contributed by atoms with E-state index in [-0.39, 0.29) is 11.8 Å². The number of rotatable bonds is 4. The van der Waals surface area contributed by atoms with Crippen LogP contribution >= 0.6 is 0 Å². The van der Waals surface area contributed by atoms with Crippen molar-refractivity contribution in [2.45, 2.75) is 32.5 Å². The molecule has 1 fully saturated rings. The van der Waals surface area contributed by atoms with Gasteiger partial charge >= 0.3 is 6.61 Å². The Bertz CT molecular complexity index is 387. The Balaban J connectivity index is 1.92. The molecule has 2 atom stereocenters. The number of piperidine rings is 1. The van der Waals surface area contributed by atoms with Crippen LogP contribution < -0.4 is 10.5 Å². The second-order valence-electron chi connectivity index (χ2n) is 5.32. The summed E-state index contributed by atoms with van der Waals surface area (Å²) in [7, 11) is 0. The van der Waals surface area contributed by atoms with Crippen molar-refractivity contribution >= 4 is 0 Å². The number of halogens is 2. The molecule has 3 nitrogen and oxygen atoms in total. The zero-order chi connectivity index (χ0) is 13.8. The lowest BCUT2D eigenvalue weighted by molar-refractivity contribution is -0.0498. The first-order chi connectivity index (χ1) is 9.02. The number of nitrogens with zero attached hydrogens (tertiary/aromatic N) is 1. The predicted molar refractivity (Wildman–Crippen MR) is 70.1 cm³/mol. The van der Waals surface area contributed by atoms with E-state index in [0.717, 1.165) is 31.6 Å². The molecule has 2 rings (SSSR count). The van der Waals surface area contributed by atoms with Crippen molar-refractivity contribution in [3.8, 4) is 5.75 Å². The first-order valence-electron chi connectivity index (χ1n) is 6.54. The van der Waals surface area contributed by atoms with Gasteiger partial charge in [-0.25, -0.2) is 0 Å². The third-order valence-electron chi connectivity index (χ3n) is 3.32. The van der Waals surface area contributed by atoms with Gasteiger partial charge in [-0.3, -0.25) is 4.90 Å². The van der Waals surface area contributed by atoms with E-state index in [1.165, 1.54) is 0 Å². The third-order valence-corrected chi connectivity index (χ3v) is 3.32. The lowest BCUT2D eigenvalue weighted by Gasteiger charge is -2.34. The lowest BCUT2D eigenvalue weighted by atomic mass is 9.96. The van der Waals surface area contributed by atoms with Crippen LogP contribution in [0.1, 0.15) is 18.9 Å². The van der Waals surface area contributed by atoms with Gasteiger partial charge in [0.25, 0.3) is 0 Å². The largest absolute Gasteiger partial charge is 0.435 e. The molecule has 0 aromatic heterocycles. The highest BCUT2D eigenvalue weighted by molar-refractivity contribution is 5.27. The molecule has 0 spiro atoms. The topological polar surface area (TPSA) is 38.5 Å². The molecule has 0 amide bonds. The summed E-state index contributed by atoms with van der Waals surface area (Å²) in [4.78, 5) is 2.31. The van der Waals surface area contributed by atoms with Crippen molar-refractivity contribution in [3.63, 3.8) is 0 Å². The Hall–Kier alpha value is -1.20. The van der Waals surface area contributed by atoms with Crippen LogP contribution in [0.15, 0.2) is 24.3 Å². The molecule has 0 radical (unpaired) electrons. The van der Waals surface area contributed by atoms with Gasteiger partial charge in [-0.2, -0.15) is 8.78 Å². The van der Waals surface area contributed by atoms with Crippen molar-refractivity contribution in [1.82, 2.24) is 4.90 Å². The summed E-state index contributed by atoms with van der Waals surface area (Å²) in [6, 6.07) is 7.03. The van der Waals surface area contributed by atoms with Gasteiger partial charge in [0.05, 0.1) is 0 Å². The van der Waals surface area contributed by atoms with Crippen LogP contribution in [0.4, 0.5) is 8.78 Å². The minimum Gasteiger partial charge on any atom is -0.435 e. The van der Waals surface area contributed by atoms with E-state index in [2.05, 4.69) is 16.6 Å². The number of hydrogen-bond donors (Lipinski definition) is 1.